The first-order valence-electron chi connectivity index (χ1n) is 5.87. The lowest BCUT2D eigenvalue weighted by Crippen LogP contribution is -2.04. The minimum absolute atomic E-state index is 0.499. The molecule has 2 heteroatoms. The van der Waals surface area contributed by atoms with Gasteiger partial charge in [0.25, 0.3) is 0 Å². The van der Waals surface area contributed by atoms with Crippen LogP contribution in [0.4, 0.5) is 8.78 Å². The van der Waals surface area contributed by atoms with Gasteiger partial charge in [0.15, 0.2) is 11.6 Å². The van der Waals surface area contributed by atoms with Gasteiger partial charge in [0.05, 0.1) is 0 Å². The Labute approximate surface area is 95.0 Å². The van der Waals surface area contributed by atoms with Crippen molar-refractivity contribution in [3.05, 3.63) is 47.5 Å². The second kappa shape index (κ2) is 5.24. The highest BCUT2D eigenvalue weighted by molar-refractivity contribution is 5.19. The second-order valence-corrected chi connectivity index (χ2v) is 4.37. The summed E-state index contributed by atoms with van der Waals surface area (Å²) < 4.78 is 26.3. The van der Waals surface area contributed by atoms with Crippen LogP contribution in [0.15, 0.2) is 30.4 Å². The van der Waals surface area contributed by atoms with E-state index in [0.29, 0.717) is 17.9 Å². The van der Waals surface area contributed by atoms with Crippen LogP contribution < -0.4 is 0 Å². The molecule has 0 bridgehead atoms. The first-order chi connectivity index (χ1) is 7.77. The highest BCUT2D eigenvalue weighted by Gasteiger charge is 2.11. The van der Waals surface area contributed by atoms with E-state index >= 15 is 0 Å². The van der Waals surface area contributed by atoms with Crippen molar-refractivity contribution in [2.75, 3.05) is 0 Å². The van der Waals surface area contributed by atoms with Crippen LogP contribution in [0.5, 0.6) is 0 Å². The number of benzene rings is 1. The van der Waals surface area contributed by atoms with Crippen molar-refractivity contribution in [1.29, 1.82) is 0 Å². The predicted molar refractivity (Wildman–Crippen MR) is 61.2 cm³/mol. The Morgan fingerprint density at radius 2 is 2.12 bits per heavy atom. The number of hydrogen-bond donors (Lipinski definition) is 0. The minimum Gasteiger partial charge on any atom is -0.204 e. The lowest BCUT2D eigenvalue weighted by Gasteiger charge is -2.16. The maximum atomic E-state index is 13.4. The summed E-state index contributed by atoms with van der Waals surface area (Å²) in [6, 6.07) is 4.41. The molecule has 0 N–H and O–H groups in total. The molecule has 1 aromatic carbocycles. The van der Waals surface area contributed by atoms with Crippen LogP contribution in [-0.4, -0.2) is 0 Å². The number of halogens is 2. The molecule has 2 rings (SSSR count). The molecule has 1 aliphatic rings. The van der Waals surface area contributed by atoms with E-state index in [0.717, 1.165) is 12.8 Å². The Morgan fingerprint density at radius 1 is 1.25 bits per heavy atom. The first kappa shape index (κ1) is 11.3. The SMILES string of the molecule is Fc1cccc(CCC2C=CCCC2)c1F. The number of hydrogen-bond acceptors (Lipinski definition) is 0. The largest absolute Gasteiger partial charge is 0.204 e. The molecule has 0 aliphatic heterocycles. The lowest BCUT2D eigenvalue weighted by molar-refractivity contribution is 0.476. The highest BCUT2D eigenvalue weighted by Crippen LogP contribution is 2.23. The maximum Gasteiger partial charge on any atom is 0.162 e. The van der Waals surface area contributed by atoms with E-state index < -0.39 is 11.6 Å². The van der Waals surface area contributed by atoms with E-state index in [9.17, 15) is 8.78 Å². The molecule has 1 aliphatic carbocycles. The summed E-state index contributed by atoms with van der Waals surface area (Å²) in [5.41, 5.74) is 0.499. The Hall–Kier alpha value is -1.18. The topological polar surface area (TPSA) is 0 Å². The lowest BCUT2D eigenvalue weighted by atomic mass is 9.90. The summed E-state index contributed by atoms with van der Waals surface area (Å²) >= 11 is 0. The van der Waals surface area contributed by atoms with Gasteiger partial charge >= 0.3 is 0 Å². The molecule has 86 valence electrons. The summed E-state index contributed by atoms with van der Waals surface area (Å²) in [5.74, 6) is -0.879. The molecule has 0 heterocycles. The average Bonchev–Trinajstić information content (AvgIpc) is 2.32. The standard InChI is InChI=1S/C14H16F2/c15-13-8-4-7-12(14(13)16)10-9-11-5-2-1-3-6-11/h2,4-5,7-8,11H,1,3,6,9-10H2. The van der Waals surface area contributed by atoms with Gasteiger partial charge in [-0.15, -0.1) is 0 Å². The molecule has 1 unspecified atom stereocenters. The molecule has 0 saturated carbocycles. The van der Waals surface area contributed by atoms with Gasteiger partial charge in [-0.25, -0.2) is 8.78 Å². The van der Waals surface area contributed by atoms with Crippen molar-refractivity contribution in [2.45, 2.75) is 32.1 Å². The molecular weight excluding hydrogens is 206 g/mol. The smallest absolute Gasteiger partial charge is 0.162 e. The summed E-state index contributed by atoms with van der Waals surface area (Å²) in [4.78, 5) is 0. The zero-order valence-corrected chi connectivity index (χ0v) is 9.26. The molecule has 16 heavy (non-hydrogen) atoms. The summed E-state index contributed by atoms with van der Waals surface area (Å²) in [7, 11) is 0. The van der Waals surface area contributed by atoms with Crippen LogP contribution in [0.25, 0.3) is 0 Å². The van der Waals surface area contributed by atoms with Gasteiger partial charge in [-0.2, -0.15) is 0 Å². The van der Waals surface area contributed by atoms with Gasteiger partial charge in [-0.3, -0.25) is 0 Å². The zero-order valence-electron chi connectivity index (χ0n) is 9.26. The van der Waals surface area contributed by atoms with E-state index in [4.69, 9.17) is 0 Å². The van der Waals surface area contributed by atoms with Crippen LogP contribution in [0.1, 0.15) is 31.2 Å². The van der Waals surface area contributed by atoms with Gasteiger partial charge in [0, 0.05) is 0 Å². The normalized spacial score (nSPS) is 20.0. The fourth-order valence-electron chi connectivity index (χ4n) is 2.21. The molecular formula is C14H16F2. The first-order valence-corrected chi connectivity index (χ1v) is 5.87. The van der Waals surface area contributed by atoms with Crippen LogP contribution >= 0.6 is 0 Å². The van der Waals surface area contributed by atoms with Crippen molar-refractivity contribution in [2.24, 2.45) is 5.92 Å². The molecule has 0 saturated heterocycles. The molecule has 0 fully saturated rings. The Morgan fingerprint density at radius 3 is 2.88 bits per heavy atom. The van der Waals surface area contributed by atoms with Gasteiger partial charge in [-0.05, 0) is 49.7 Å². The average molecular weight is 222 g/mol. The van der Waals surface area contributed by atoms with Crippen molar-refractivity contribution in [3.8, 4) is 0 Å². The molecule has 0 spiro atoms. The highest BCUT2D eigenvalue weighted by atomic mass is 19.2. The third-order valence-electron chi connectivity index (χ3n) is 3.17. The van der Waals surface area contributed by atoms with E-state index in [1.165, 1.54) is 18.9 Å². The van der Waals surface area contributed by atoms with Gasteiger partial charge < -0.3 is 0 Å². The van der Waals surface area contributed by atoms with Crippen molar-refractivity contribution < 1.29 is 8.78 Å². The summed E-state index contributed by atoms with van der Waals surface area (Å²) in [6.07, 6.45) is 9.48. The van der Waals surface area contributed by atoms with Crippen molar-refractivity contribution >= 4 is 0 Å². The quantitative estimate of drug-likeness (QED) is 0.670. The molecule has 0 radical (unpaired) electrons. The van der Waals surface area contributed by atoms with Crippen LogP contribution in [0, 0.1) is 17.6 Å². The van der Waals surface area contributed by atoms with Crippen LogP contribution in [0.3, 0.4) is 0 Å². The Balaban J connectivity index is 1.96. The molecule has 1 atom stereocenters. The van der Waals surface area contributed by atoms with Gasteiger partial charge in [-0.1, -0.05) is 24.3 Å². The zero-order chi connectivity index (χ0) is 11.4. The van der Waals surface area contributed by atoms with E-state index in [1.807, 2.05) is 0 Å². The van der Waals surface area contributed by atoms with Gasteiger partial charge in [0.2, 0.25) is 0 Å². The number of allylic oxidation sites excluding steroid dienone is 2. The third-order valence-corrected chi connectivity index (χ3v) is 3.17. The Bertz CT molecular complexity index is 382. The van der Waals surface area contributed by atoms with Crippen LogP contribution in [-0.2, 0) is 6.42 Å². The maximum absolute atomic E-state index is 13.4. The summed E-state index contributed by atoms with van der Waals surface area (Å²) in [6.45, 7) is 0. The fourth-order valence-corrected chi connectivity index (χ4v) is 2.21. The molecule has 0 aromatic heterocycles. The van der Waals surface area contributed by atoms with Crippen molar-refractivity contribution in [3.63, 3.8) is 0 Å². The van der Waals surface area contributed by atoms with Gasteiger partial charge in [0.1, 0.15) is 0 Å². The molecule has 0 amide bonds. The minimum atomic E-state index is -0.739. The monoisotopic (exact) mass is 222 g/mol. The molecule has 0 nitrogen and oxygen atoms in total. The summed E-state index contributed by atoms with van der Waals surface area (Å²) in [5, 5.41) is 0. The second-order valence-electron chi connectivity index (χ2n) is 4.37. The number of rotatable bonds is 3. The van der Waals surface area contributed by atoms with E-state index in [1.54, 1.807) is 12.1 Å². The van der Waals surface area contributed by atoms with E-state index in [2.05, 4.69) is 12.2 Å². The van der Waals surface area contributed by atoms with E-state index in [-0.39, 0.29) is 0 Å². The van der Waals surface area contributed by atoms with Crippen molar-refractivity contribution in [1.82, 2.24) is 0 Å². The molecule has 1 aromatic rings. The Kier molecular flexibility index (Phi) is 3.70. The third kappa shape index (κ3) is 2.69. The fraction of sp³-hybridized carbons (Fsp3) is 0.429. The number of aryl methyl sites for hydroxylation is 1. The van der Waals surface area contributed by atoms with Crippen LogP contribution in [0.2, 0.25) is 0 Å². The predicted octanol–water partition coefficient (Wildman–Crippen LogP) is 4.25.